The molecule has 0 saturated heterocycles. The van der Waals surface area contributed by atoms with Crippen LogP contribution in [0.25, 0.3) is 0 Å². The second-order valence-corrected chi connectivity index (χ2v) is 5.64. The Labute approximate surface area is 131 Å². The molecule has 0 fully saturated rings. The van der Waals surface area contributed by atoms with Crippen LogP contribution >= 0.6 is 27.5 Å². The molecule has 0 saturated carbocycles. The molecule has 1 amide bonds. The largest absolute Gasteiger partial charge is 0.341 e. The van der Waals surface area contributed by atoms with Gasteiger partial charge in [0, 0.05) is 11.5 Å². The predicted molar refractivity (Wildman–Crippen MR) is 84.3 cm³/mol. The quantitative estimate of drug-likeness (QED) is 0.850. The zero-order chi connectivity index (χ0) is 14.6. The van der Waals surface area contributed by atoms with Gasteiger partial charge < -0.3 is 5.32 Å². The summed E-state index contributed by atoms with van der Waals surface area (Å²) in [5.74, 6) is -0.229. The minimum Gasteiger partial charge on any atom is -0.341 e. The topological polar surface area (TPSA) is 42.0 Å². The minimum absolute atomic E-state index is 0.229. The Kier molecular flexibility index (Phi) is 4.78. The molecule has 0 aliphatic heterocycles. The molecule has 0 radical (unpaired) electrons. The summed E-state index contributed by atoms with van der Waals surface area (Å²) in [6, 6.07) is 13.1. The van der Waals surface area contributed by atoms with Gasteiger partial charge in [-0.3, -0.25) is 4.79 Å². The van der Waals surface area contributed by atoms with Crippen molar-refractivity contribution in [2.45, 2.75) is 12.5 Å². The van der Waals surface area contributed by atoms with E-state index in [9.17, 15) is 4.79 Å². The maximum atomic E-state index is 12.3. The van der Waals surface area contributed by atoms with E-state index in [0.717, 1.165) is 5.56 Å². The fraction of sp³-hybridized carbons (Fsp3) is 0.200. The number of hydrogen-bond donors (Lipinski definition) is 1. The number of rotatable bonds is 4. The third-order valence-electron chi connectivity index (χ3n) is 3.03. The molecule has 1 heterocycles. The lowest BCUT2D eigenvalue weighted by atomic mass is 9.94. The van der Waals surface area contributed by atoms with Gasteiger partial charge in [0.2, 0.25) is 0 Å². The fourth-order valence-corrected chi connectivity index (χ4v) is 2.39. The van der Waals surface area contributed by atoms with Crippen LogP contribution in [0.15, 0.2) is 48.7 Å². The molecule has 2 rings (SSSR count). The Balaban J connectivity index is 2.22. The van der Waals surface area contributed by atoms with E-state index in [4.69, 9.17) is 11.6 Å². The van der Waals surface area contributed by atoms with Crippen molar-refractivity contribution >= 4 is 33.4 Å². The summed E-state index contributed by atoms with van der Waals surface area (Å²) >= 11 is 9.24. The first-order chi connectivity index (χ1) is 9.55. The second-order valence-electron chi connectivity index (χ2n) is 4.65. The molecule has 0 bridgehead atoms. The van der Waals surface area contributed by atoms with Gasteiger partial charge >= 0.3 is 0 Å². The highest BCUT2D eigenvalue weighted by Crippen LogP contribution is 2.23. The van der Waals surface area contributed by atoms with Crippen LogP contribution < -0.4 is 5.32 Å². The van der Waals surface area contributed by atoms with Crippen molar-refractivity contribution in [3.63, 3.8) is 0 Å². The second kappa shape index (κ2) is 6.37. The van der Waals surface area contributed by atoms with Crippen molar-refractivity contribution in [3.05, 3.63) is 64.9 Å². The van der Waals surface area contributed by atoms with Crippen molar-refractivity contribution in [3.8, 4) is 0 Å². The highest BCUT2D eigenvalue weighted by atomic mass is 79.9. The van der Waals surface area contributed by atoms with Crippen molar-refractivity contribution in [1.29, 1.82) is 0 Å². The van der Waals surface area contributed by atoms with Gasteiger partial charge in [-0.25, -0.2) is 4.98 Å². The first-order valence-electron chi connectivity index (χ1n) is 6.11. The summed E-state index contributed by atoms with van der Waals surface area (Å²) < 4.78 is 0. The van der Waals surface area contributed by atoms with Crippen LogP contribution in [0.1, 0.15) is 23.0 Å². The van der Waals surface area contributed by atoms with Gasteiger partial charge in [0.05, 0.1) is 10.6 Å². The molecule has 0 aliphatic carbocycles. The number of benzene rings is 1. The third kappa shape index (κ3) is 3.38. The highest BCUT2D eigenvalue weighted by Gasteiger charge is 2.28. The molecular formula is C15H14BrClN2O. The molecule has 3 nitrogen and oxygen atoms in total. The van der Waals surface area contributed by atoms with Crippen molar-refractivity contribution in [1.82, 2.24) is 10.3 Å². The number of alkyl halides is 1. The zero-order valence-electron chi connectivity index (χ0n) is 10.9. The molecule has 104 valence electrons. The molecule has 5 heteroatoms. The normalized spacial score (nSPS) is 13.6. The smallest absolute Gasteiger partial charge is 0.270 e. The van der Waals surface area contributed by atoms with E-state index < -0.39 is 5.54 Å². The van der Waals surface area contributed by atoms with E-state index in [-0.39, 0.29) is 5.91 Å². The van der Waals surface area contributed by atoms with E-state index in [2.05, 4.69) is 26.2 Å². The highest BCUT2D eigenvalue weighted by molar-refractivity contribution is 9.09. The fourth-order valence-electron chi connectivity index (χ4n) is 1.81. The predicted octanol–water partition coefficient (Wildman–Crippen LogP) is 3.78. The van der Waals surface area contributed by atoms with Gasteiger partial charge in [-0.2, -0.15) is 0 Å². The lowest BCUT2D eigenvalue weighted by Gasteiger charge is -2.29. The molecular weight excluding hydrogens is 340 g/mol. The number of carbonyl (C=O) groups excluding carboxylic acids is 1. The number of amides is 1. The van der Waals surface area contributed by atoms with Crippen LogP contribution in [-0.2, 0) is 5.54 Å². The average Bonchev–Trinajstić information content (AvgIpc) is 2.48. The van der Waals surface area contributed by atoms with Gasteiger partial charge in [0.1, 0.15) is 5.69 Å². The summed E-state index contributed by atoms with van der Waals surface area (Å²) in [4.78, 5) is 16.3. The van der Waals surface area contributed by atoms with Crippen LogP contribution in [0.2, 0.25) is 5.02 Å². The van der Waals surface area contributed by atoms with Gasteiger partial charge in [-0.05, 0) is 24.6 Å². The van der Waals surface area contributed by atoms with Gasteiger partial charge in [-0.1, -0.05) is 57.9 Å². The van der Waals surface area contributed by atoms with E-state index in [1.54, 1.807) is 12.1 Å². The lowest BCUT2D eigenvalue weighted by Crippen LogP contribution is -2.45. The van der Waals surface area contributed by atoms with Gasteiger partial charge in [0.25, 0.3) is 5.91 Å². The third-order valence-corrected chi connectivity index (χ3v) is 4.37. The summed E-state index contributed by atoms with van der Waals surface area (Å²) in [6.45, 7) is 1.96. The zero-order valence-corrected chi connectivity index (χ0v) is 13.3. The van der Waals surface area contributed by atoms with Crippen LogP contribution in [0.3, 0.4) is 0 Å². The van der Waals surface area contributed by atoms with Crippen LogP contribution in [-0.4, -0.2) is 16.2 Å². The van der Waals surface area contributed by atoms with Crippen LogP contribution in [0, 0.1) is 0 Å². The van der Waals surface area contributed by atoms with E-state index in [1.807, 2.05) is 37.3 Å². The first kappa shape index (κ1) is 15.0. The average molecular weight is 354 g/mol. The Morgan fingerprint density at radius 1 is 1.30 bits per heavy atom. The molecule has 1 aromatic carbocycles. The first-order valence-corrected chi connectivity index (χ1v) is 7.61. The van der Waals surface area contributed by atoms with Gasteiger partial charge in [-0.15, -0.1) is 0 Å². The number of pyridine rings is 1. The SMILES string of the molecule is CC(CBr)(NC(=O)c1ccc(Cl)cn1)c1ccccc1. The Bertz CT molecular complexity index is 589. The van der Waals surface area contributed by atoms with E-state index in [1.165, 1.54) is 6.20 Å². The summed E-state index contributed by atoms with van der Waals surface area (Å²) in [5.41, 5.74) is 0.872. The Hall–Kier alpha value is -1.39. The molecule has 1 unspecified atom stereocenters. The summed E-state index contributed by atoms with van der Waals surface area (Å²) in [5, 5.41) is 4.11. The number of halogens is 2. The van der Waals surface area contributed by atoms with Crippen molar-refractivity contribution in [2.75, 3.05) is 5.33 Å². The van der Waals surface area contributed by atoms with Crippen molar-refractivity contribution in [2.24, 2.45) is 0 Å². The van der Waals surface area contributed by atoms with Crippen LogP contribution in [0.5, 0.6) is 0 Å². The van der Waals surface area contributed by atoms with Gasteiger partial charge in [0.15, 0.2) is 0 Å². The number of hydrogen-bond acceptors (Lipinski definition) is 2. The molecule has 0 aliphatic rings. The number of nitrogens with one attached hydrogen (secondary N) is 1. The Morgan fingerprint density at radius 3 is 2.55 bits per heavy atom. The summed E-state index contributed by atoms with van der Waals surface area (Å²) in [6.07, 6.45) is 1.46. The number of carbonyl (C=O) groups is 1. The Morgan fingerprint density at radius 2 is 2.00 bits per heavy atom. The maximum Gasteiger partial charge on any atom is 0.270 e. The minimum atomic E-state index is -0.500. The lowest BCUT2D eigenvalue weighted by molar-refractivity contribution is 0.0909. The molecule has 20 heavy (non-hydrogen) atoms. The standard InChI is InChI=1S/C15H14BrClN2O/c1-15(10-16,11-5-3-2-4-6-11)19-14(20)13-8-7-12(17)9-18-13/h2-9H,10H2,1H3,(H,19,20). The molecule has 1 atom stereocenters. The monoisotopic (exact) mass is 352 g/mol. The summed E-state index contributed by atoms with van der Waals surface area (Å²) in [7, 11) is 0. The van der Waals surface area contributed by atoms with E-state index in [0.29, 0.717) is 16.0 Å². The molecule has 0 spiro atoms. The molecule has 1 N–H and O–H groups in total. The number of nitrogens with zero attached hydrogens (tertiary/aromatic N) is 1. The van der Waals surface area contributed by atoms with Crippen molar-refractivity contribution < 1.29 is 4.79 Å². The molecule has 1 aromatic heterocycles. The molecule has 2 aromatic rings. The van der Waals surface area contributed by atoms with Crippen LogP contribution in [0.4, 0.5) is 0 Å². The van der Waals surface area contributed by atoms with E-state index >= 15 is 0 Å². The number of aromatic nitrogens is 1. The maximum absolute atomic E-state index is 12.3.